The molecule has 0 unspecified atom stereocenters. The van der Waals surface area contributed by atoms with Gasteiger partial charge >= 0.3 is 17.8 Å². The van der Waals surface area contributed by atoms with Crippen LogP contribution in [-0.4, -0.2) is 26.9 Å². The molecule has 110 valence electrons. The standard InChI is InChI=1S/C7H6O2.C3H6N6.2H2O/c8-7(9)6-4-2-1-3-5-6;4-1-7-2(5)9-3(6)8-1;;/h1-5H,(H,8,9);(H6,4,5,6,7,8,9);2*1H2. The number of hydrogen-bond donors (Lipinski definition) is 3. The number of nitrogens with zero attached hydrogens (tertiary/aromatic N) is 2. The monoisotopic (exact) mass is 284 g/mol. The summed E-state index contributed by atoms with van der Waals surface area (Å²) in [6, 6.07) is 8.06. The molecule has 0 radical (unpaired) electrons. The number of H-pyrrole nitrogens is 1. The molecule has 10 nitrogen and oxygen atoms in total. The maximum atomic E-state index is 10.1. The minimum Gasteiger partial charge on any atom is -0.545 e. The molecule has 1 heterocycles. The Morgan fingerprint density at radius 3 is 1.75 bits per heavy atom. The second-order valence-corrected chi connectivity index (χ2v) is 3.13. The van der Waals surface area contributed by atoms with Gasteiger partial charge in [0.2, 0.25) is 0 Å². The van der Waals surface area contributed by atoms with Crippen molar-refractivity contribution in [1.29, 1.82) is 0 Å². The molecular weight excluding hydrogens is 268 g/mol. The van der Waals surface area contributed by atoms with E-state index in [0.29, 0.717) is 0 Å². The van der Waals surface area contributed by atoms with Crippen LogP contribution in [0.15, 0.2) is 30.3 Å². The smallest absolute Gasteiger partial charge is 0.320 e. The van der Waals surface area contributed by atoms with Crippen molar-refractivity contribution in [3.8, 4) is 0 Å². The summed E-state index contributed by atoms with van der Waals surface area (Å²) in [5.74, 6) is -0.723. The minimum atomic E-state index is -1.13. The quantitative estimate of drug-likeness (QED) is 0.477. The predicted molar refractivity (Wildman–Crippen MR) is 69.8 cm³/mol. The molecule has 11 N–H and O–H groups in total. The largest absolute Gasteiger partial charge is 0.545 e. The highest BCUT2D eigenvalue weighted by Gasteiger charge is 2.01. The second-order valence-electron chi connectivity index (χ2n) is 3.13. The molecule has 0 aliphatic carbocycles. The molecule has 10 heteroatoms. The van der Waals surface area contributed by atoms with Crippen LogP contribution in [0.5, 0.6) is 0 Å². The third-order valence-corrected chi connectivity index (χ3v) is 1.74. The van der Waals surface area contributed by atoms with Crippen molar-refractivity contribution in [3.63, 3.8) is 0 Å². The van der Waals surface area contributed by atoms with E-state index < -0.39 is 5.97 Å². The Labute approximate surface area is 113 Å². The predicted octanol–water partition coefficient (Wildman–Crippen LogP) is -3.56. The fraction of sp³-hybridized carbons (Fsp3) is 0. The van der Waals surface area contributed by atoms with Gasteiger partial charge in [-0.15, -0.1) is 0 Å². The molecule has 0 spiro atoms. The van der Waals surface area contributed by atoms with Crippen molar-refractivity contribution >= 4 is 23.8 Å². The summed E-state index contributed by atoms with van der Waals surface area (Å²) in [5.41, 5.74) is 15.8. The van der Waals surface area contributed by atoms with Crippen LogP contribution in [-0.2, 0) is 0 Å². The van der Waals surface area contributed by atoms with E-state index in [1.165, 1.54) is 12.1 Å². The van der Waals surface area contributed by atoms with E-state index in [1.54, 1.807) is 18.2 Å². The normalized spacial score (nSPS) is 8.20. The molecule has 0 aliphatic rings. The van der Waals surface area contributed by atoms with Gasteiger partial charge in [0.15, 0.2) is 0 Å². The molecule has 0 aliphatic heterocycles. The summed E-state index contributed by atoms with van der Waals surface area (Å²) in [5, 5.41) is 10.1. The number of nitrogen functional groups attached to an aromatic ring is 3. The van der Waals surface area contributed by atoms with E-state index in [-0.39, 0.29) is 34.4 Å². The lowest BCUT2D eigenvalue weighted by molar-refractivity contribution is -0.350. The van der Waals surface area contributed by atoms with Crippen LogP contribution in [0.3, 0.4) is 0 Å². The average molecular weight is 284 g/mol. The number of aromatic nitrogens is 3. The number of carbonyl (C=O) groups is 1. The summed E-state index contributed by atoms with van der Waals surface area (Å²) < 4.78 is 0. The van der Waals surface area contributed by atoms with E-state index in [0.717, 1.165) is 0 Å². The van der Waals surface area contributed by atoms with E-state index in [9.17, 15) is 9.90 Å². The van der Waals surface area contributed by atoms with Crippen LogP contribution in [0.2, 0.25) is 0 Å². The number of carboxylic acid groups (broad SMARTS) is 1. The van der Waals surface area contributed by atoms with Crippen LogP contribution >= 0.6 is 0 Å². The highest BCUT2D eigenvalue weighted by atomic mass is 16.4. The topological polar surface area (TPSA) is 221 Å². The number of rotatable bonds is 1. The zero-order chi connectivity index (χ0) is 13.5. The van der Waals surface area contributed by atoms with Crippen molar-refractivity contribution in [2.24, 2.45) is 0 Å². The minimum absolute atomic E-state index is 0. The van der Waals surface area contributed by atoms with E-state index in [2.05, 4.69) is 15.0 Å². The molecule has 0 fully saturated rings. The SMILES string of the molecule is Nc1nc(N)[nH+]c(N)n1.O.O.O=C([O-])c1ccccc1. The van der Waals surface area contributed by atoms with Gasteiger partial charge in [0.25, 0.3) is 0 Å². The van der Waals surface area contributed by atoms with Gasteiger partial charge in [0, 0.05) is 0 Å². The number of nitrogens with two attached hydrogens (primary N) is 3. The Morgan fingerprint density at radius 2 is 1.45 bits per heavy atom. The van der Waals surface area contributed by atoms with Crippen molar-refractivity contribution < 1.29 is 25.8 Å². The molecule has 0 saturated heterocycles. The van der Waals surface area contributed by atoms with Crippen molar-refractivity contribution in [2.75, 3.05) is 17.2 Å². The third kappa shape index (κ3) is 6.68. The average Bonchev–Trinajstić information content (AvgIpc) is 2.29. The van der Waals surface area contributed by atoms with E-state index >= 15 is 0 Å². The van der Waals surface area contributed by atoms with Gasteiger partial charge in [0.05, 0.1) is 5.97 Å². The molecule has 20 heavy (non-hydrogen) atoms. The van der Waals surface area contributed by atoms with Gasteiger partial charge in [-0.05, 0) is 5.56 Å². The van der Waals surface area contributed by atoms with Crippen LogP contribution in [0.25, 0.3) is 0 Å². The van der Waals surface area contributed by atoms with Crippen molar-refractivity contribution in [3.05, 3.63) is 35.9 Å². The van der Waals surface area contributed by atoms with Gasteiger partial charge in [-0.25, -0.2) is 4.98 Å². The summed E-state index contributed by atoms with van der Waals surface area (Å²) >= 11 is 0. The van der Waals surface area contributed by atoms with Gasteiger partial charge in [-0.3, -0.25) is 0 Å². The van der Waals surface area contributed by atoms with Crippen LogP contribution in [0.4, 0.5) is 17.8 Å². The Balaban J connectivity index is 0. The number of nitrogens with one attached hydrogen (secondary N) is 1. The highest BCUT2D eigenvalue weighted by molar-refractivity contribution is 5.85. The number of carboxylic acids is 1. The number of carbonyl (C=O) groups excluding carboxylic acids is 1. The summed E-state index contributed by atoms with van der Waals surface area (Å²) in [4.78, 5) is 19.6. The molecule has 0 saturated carbocycles. The Bertz CT molecular complexity index is 486. The Hall–Kier alpha value is -2.98. The number of aromatic carboxylic acids is 1. The lowest BCUT2D eigenvalue weighted by Gasteiger charge is -1.97. The third-order valence-electron chi connectivity index (χ3n) is 1.74. The van der Waals surface area contributed by atoms with Gasteiger partial charge in [-0.2, -0.15) is 0 Å². The molecule has 2 rings (SSSR count). The number of hydrogen-bond acceptors (Lipinski definition) is 7. The maximum absolute atomic E-state index is 10.1. The summed E-state index contributed by atoms with van der Waals surface area (Å²) in [7, 11) is 0. The lowest BCUT2D eigenvalue weighted by atomic mass is 10.2. The second kappa shape index (κ2) is 9.02. The highest BCUT2D eigenvalue weighted by Crippen LogP contribution is 1.94. The Morgan fingerprint density at radius 1 is 1.00 bits per heavy atom. The first-order valence-electron chi connectivity index (χ1n) is 4.83. The van der Waals surface area contributed by atoms with Gasteiger partial charge < -0.3 is 38.1 Å². The van der Waals surface area contributed by atoms with Gasteiger partial charge in [-0.1, -0.05) is 40.3 Å². The first kappa shape index (κ1) is 19.4. The molecule has 1 aromatic carbocycles. The fourth-order valence-corrected chi connectivity index (χ4v) is 1.03. The molecular formula is C10H16N6O4. The number of anilines is 3. The van der Waals surface area contributed by atoms with Gasteiger partial charge in [0.1, 0.15) is 0 Å². The molecule has 1 aromatic heterocycles. The summed E-state index contributed by atoms with van der Waals surface area (Å²) in [6.07, 6.45) is 0. The van der Waals surface area contributed by atoms with Crippen LogP contribution < -0.4 is 27.3 Å². The lowest BCUT2D eigenvalue weighted by Crippen LogP contribution is -2.21. The van der Waals surface area contributed by atoms with E-state index in [1.807, 2.05) is 0 Å². The van der Waals surface area contributed by atoms with Crippen molar-refractivity contribution in [2.45, 2.75) is 0 Å². The number of aromatic amines is 1. The fourth-order valence-electron chi connectivity index (χ4n) is 1.03. The molecule has 2 aromatic rings. The molecule has 0 atom stereocenters. The zero-order valence-corrected chi connectivity index (χ0v) is 10.3. The van der Waals surface area contributed by atoms with Crippen LogP contribution in [0.1, 0.15) is 10.4 Å². The van der Waals surface area contributed by atoms with Crippen molar-refractivity contribution in [1.82, 2.24) is 9.97 Å². The first-order valence-corrected chi connectivity index (χ1v) is 4.83. The van der Waals surface area contributed by atoms with Crippen LogP contribution in [0, 0.1) is 0 Å². The first-order chi connectivity index (χ1) is 8.49. The van der Waals surface area contributed by atoms with E-state index in [4.69, 9.17) is 17.2 Å². The maximum Gasteiger partial charge on any atom is 0.320 e. The zero-order valence-electron chi connectivity index (χ0n) is 10.3. The number of benzene rings is 1. The summed E-state index contributed by atoms with van der Waals surface area (Å²) in [6.45, 7) is 0. The molecule has 0 bridgehead atoms. The molecule has 0 amide bonds. The Kier molecular flexibility index (Phi) is 8.73.